The van der Waals surface area contributed by atoms with Gasteiger partial charge in [0.25, 0.3) is 15.8 Å². The van der Waals surface area contributed by atoms with Crippen LogP contribution in [0.3, 0.4) is 0 Å². The summed E-state index contributed by atoms with van der Waals surface area (Å²) >= 11 is 0. The van der Waals surface area contributed by atoms with E-state index in [0.29, 0.717) is 0 Å². The fourth-order valence-corrected chi connectivity index (χ4v) is 2.84. The van der Waals surface area contributed by atoms with Gasteiger partial charge in [-0.1, -0.05) is 12.6 Å². The smallest absolute Gasteiger partial charge is 0.505 e. The molecule has 1 aromatic heterocycles. The first-order chi connectivity index (χ1) is 13.6. The van der Waals surface area contributed by atoms with Crippen molar-refractivity contribution in [3.05, 3.63) is 68.6 Å². The molecule has 2 aromatic carbocycles. The van der Waals surface area contributed by atoms with Crippen molar-refractivity contribution >= 4 is 27.2 Å². The first kappa shape index (κ1) is 26.7. The first-order valence-electron chi connectivity index (χ1n) is 7.81. The predicted molar refractivity (Wildman–Crippen MR) is 98.9 cm³/mol. The average Bonchev–Trinajstić information content (AvgIpc) is 2.94. The zero-order valence-electron chi connectivity index (χ0n) is 15.9. The standard InChI is InChI=1S/C16H12N5O7S.Cu.Na/c1-9-15(18-17-13-7-4-11(21(24)25)8-14(13)22)16(23)20(19-9)10-2-5-12(6-3-10)29(26,27)28;;/h2-8,22H,1H3,(H,26,27,28);;/q-1;;+1. The van der Waals surface area contributed by atoms with Gasteiger partial charge in [0.05, 0.1) is 21.6 Å². The van der Waals surface area contributed by atoms with E-state index in [4.69, 9.17) is 4.55 Å². The van der Waals surface area contributed by atoms with Crippen LogP contribution in [0.4, 0.5) is 17.1 Å². The third kappa shape index (κ3) is 5.89. The van der Waals surface area contributed by atoms with Crippen molar-refractivity contribution in [3.63, 3.8) is 0 Å². The molecule has 0 aliphatic rings. The van der Waals surface area contributed by atoms with E-state index in [1.54, 1.807) is 0 Å². The van der Waals surface area contributed by atoms with Crippen LogP contribution in [0, 0.1) is 17.0 Å². The number of hydrogen-bond acceptors (Lipinski definition) is 9. The van der Waals surface area contributed by atoms with Crippen molar-refractivity contribution in [2.24, 2.45) is 10.2 Å². The molecule has 0 atom stereocenters. The minimum absolute atomic E-state index is 0. The summed E-state index contributed by atoms with van der Waals surface area (Å²) in [5.41, 5.74) is -0.777. The molecule has 0 amide bonds. The SMILES string of the molecule is Cc1nn(-c2ccc(S(=O)(=O)O)cc2)c(=O)[c-]1N=Nc1ccc([N+](=O)[O-])cc1O.[Cu].[Na+]. The Labute approximate surface area is 207 Å². The maximum Gasteiger partial charge on any atom is 1.00 e. The molecule has 3 rings (SSSR count). The van der Waals surface area contributed by atoms with Crippen LogP contribution in [0.25, 0.3) is 5.69 Å². The molecule has 0 fully saturated rings. The van der Waals surface area contributed by atoms with Gasteiger partial charge in [0.2, 0.25) is 0 Å². The number of nitrogens with zero attached hydrogens (tertiary/aromatic N) is 5. The normalized spacial score (nSPS) is 11.0. The largest absolute Gasteiger partial charge is 1.00 e. The molecule has 2 N–H and O–H groups in total. The Balaban J connectivity index is 0.00000240. The Kier molecular flexibility index (Phi) is 8.90. The van der Waals surface area contributed by atoms with Crippen LogP contribution >= 0.6 is 0 Å². The molecule has 1 heterocycles. The van der Waals surface area contributed by atoms with Gasteiger partial charge in [-0.3, -0.25) is 14.7 Å². The van der Waals surface area contributed by atoms with Crippen LogP contribution in [-0.4, -0.2) is 32.8 Å². The van der Waals surface area contributed by atoms with E-state index in [0.717, 1.165) is 28.9 Å². The number of rotatable bonds is 5. The Morgan fingerprint density at radius 2 is 1.81 bits per heavy atom. The van der Waals surface area contributed by atoms with E-state index in [2.05, 4.69) is 15.3 Å². The molecule has 3 aromatic rings. The second-order valence-electron chi connectivity index (χ2n) is 5.75. The molecule has 0 saturated carbocycles. The second kappa shape index (κ2) is 10.3. The van der Waals surface area contributed by atoms with Gasteiger partial charge in [-0.2, -0.15) is 13.5 Å². The molecule has 1 radical (unpaired) electrons. The van der Waals surface area contributed by atoms with E-state index < -0.39 is 26.4 Å². The number of aromatic nitrogens is 2. The number of nitro benzene ring substituents is 1. The maximum absolute atomic E-state index is 12.5. The summed E-state index contributed by atoms with van der Waals surface area (Å²) in [6.45, 7) is 1.49. The number of azo groups is 1. The molecule has 0 bridgehead atoms. The number of aryl methyl sites for hydroxylation is 1. The minimum Gasteiger partial charge on any atom is -0.505 e. The van der Waals surface area contributed by atoms with Crippen LogP contribution in [0.2, 0.25) is 0 Å². The molecule has 0 unspecified atom stereocenters. The van der Waals surface area contributed by atoms with E-state index in [9.17, 15) is 28.4 Å². The molecule has 31 heavy (non-hydrogen) atoms. The fourth-order valence-electron chi connectivity index (χ4n) is 2.36. The molecular weight excluding hydrogens is 493 g/mol. The molecule has 0 aliphatic heterocycles. The number of hydrogen-bond donors (Lipinski definition) is 2. The Morgan fingerprint density at radius 3 is 2.32 bits per heavy atom. The summed E-state index contributed by atoms with van der Waals surface area (Å²) in [6.07, 6.45) is 0. The predicted octanol–water partition coefficient (Wildman–Crippen LogP) is -0.463. The summed E-state index contributed by atoms with van der Waals surface area (Å²) in [7, 11) is -4.37. The van der Waals surface area contributed by atoms with Gasteiger partial charge >= 0.3 is 29.6 Å². The molecular formula is C16H12CuN5NaO7S. The van der Waals surface area contributed by atoms with Gasteiger partial charge in [-0.05, 0) is 30.3 Å². The minimum atomic E-state index is -4.37. The number of nitro groups is 1. The Morgan fingerprint density at radius 1 is 1.19 bits per heavy atom. The molecule has 0 saturated heterocycles. The summed E-state index contributed by atoms with van der Waals surface area (Å²) in [5, 5.41) is 32.0. The molecule has 161 valence electrons. The summed E-state index contributed by atoms with van der Waals surface area (Å²) in [5.74, 6) is -0.485. The number of phenols is 1. The van der Waals surface area contributed by atoms with Crippen molar-refractivity contribution in [2.45, 2.75) is 11.8 Å². The van der Waals surface area contributed by atoms with Crippen molar-refractivity contribution in [2.75, 3.05) is 0 Å². The monoisotopic (exact) mass is 504 g/mol. The number of phenolic OH excluding ortho intramolecular Hbond substituents is 1. The van der Waals surface area contributed by atoms with E-state index >= 15 is 0 Å². The van der Waals surface area contributed by atoms with Crippen LogP contribution in [-0.2, 0) is 27.2 Å². The fraction of sp³-hybridized carbons (Fsp3) is 0.0625. The van der Waals surface area contributed by atoms with Crippen molar-refractivity contribution in [1.82, 2.24) is 9.78 Å². The number of non-ortho nitro benzene ring substituents is 1. The third-order valence-corrected chi connectivity index (χ3v) is 4.66. The van der Waals surface area contributed by atoms with Crippen molar-refractivity contribution in [1.29, 1.82) is 0 Å². The molecule has 12 nitrogen and oxygen atoms in total. The second-order valence-corrected chi connectivity index (χ2v) is 7.17. The number of benzene rings is 2. The van der Waals surface area contributed by atoms with Gasteiger partial charge in [-0.25, -0.2) is 9.78 Å². The van der Waals surface area contributed by atoms with Crippen LogP contribution in [0.15, 0.2) is 62.4 Å². The zero-order valence-corrected chi connectivity index (χ0v) is 19.7. The van der Waals surface area contributed by atoms with Gasteiger partial charge in [0, 0.05) is 23.1 Å². The van der Waals surface area contributed by atoms with Crippen LogP contribution < -0.4 is 35.1 Å². The summed E-state index contributed by atoms with van der Waals surface area (Å²) < 4.78 is 32.2. The van der Waals surface area contributed by atoms with Gasteiger partial charge < -0.3 is 15.0 Å². The summed E-state index contributed by atoms with van der Waals surface area (Å²) in [4.78, 5) is 22.2. The average molecular weight is 505 g/mol. The van der Waals surface area contributed by atoms with E-state index in [1.807, 2.05) is 0 Å². The first-order valence-corrected chi connectivity index (χ1v) is 9.25. The molecule has 15 heteroatoms. The zero-order chi connectivity index (χ0) is 21.3. The van der Waals surface area contributed by atoms with Gasteiger partial charge in [0.1, 0.15) is 17.0 Å². The molecule has 0 aliphatic carbocycles. The number of aromatic hydroxyl groups is 1. The third-order valence-electron chi connectivity index (χ3n) is 3.79. The van der Waals surface area contributed by atoms with E-state index in [1.165, 1.54) is 25.1 Å². The topological polar surface area (TPSA) is 177 Å². The Bertz CT molecular complexity index is 1300. The summed E-state index contributed by atoms with van der Waals surface area (Å²) in [6, 6.07) is 7.97. The molecule has 0 spiro atoms. The van der Waals surface area contributed by atoms with Gasteiger partial charge in [-0.15, -0.1) is 5.69 Å². The van der Waals surface area contributed by atoms with Crippen LogP contribution in [0.1, 0.15) is 5.69 Å². The van der Waals surface area contributed by atoms with Crippen molar-refractivity contribution in [3.8, 4) is 11.4 Å². The van der Waals surface area contributed by atoms with E-state index in [-0.39, 0.29) is 80.0 Å². The maximum atomic E-state index is 12.5. The van der Waals surface area contributed by atoms with Crippen LogP contribution in [0.5, 0.6) is 5.75 Å². The van der Waals surface area contributed by atoms with Crippen molar-refractivity contribution < 1.29 is 69.6 Å². The Hall–Kier alpha value is -2.32. The van der Waals surface area contributed by atoms with Gasteiger partial charge in [0.15, 0.2) is 0 Å². The quantitative estimate of drug-likeness (QED) is 0.117.